The number of rotatable bonds is 6. The summed E-state index contributed by atoms with van der Waals surface area (Å²) in [5.74, 6) is 0.776. The molecule has 1 amide bonds. The van der Waals surface area contributed by atoms with E-state index in [0.717, 1.165) is 22.5 Å². The molecule has 0 bridgehead atoms. The molecule has 0 radical (unpaired) electrons. The highest BCUT2D eigenvalue weighted by molar-refractivity contribution is 14.0. The van der Waals surface area contributed by atoms with Crippen molar-refractivity contribution in [2.45, 2.75) is 26.9 Å². The number of guanidine groups is 1. The van der Waals surface area contributed by atoms with Crippen LogP contribution in [-0.2, 0) is 13.1 Å². The second kappa shape index (κ2) is 12.1. The van der Waals surface area contributed by atoms with Gasteiger partial charge in [0, 0.05) is 37.2 Å². The first-order valence-electron chi connectivity index (χ1n) is 8.98. The molecule has 0 atom stereocenters. The second-order valence-corrected chi connectivity index (χ2v) is 7.43. The molecule has 0 aliphatic heterocycles. The first-order chi connectivity index (χ1) is 12.9. The minimum atomic E-state index is 0. The minimum absolute atomic E-state index is 0. The fourth-order valence-corrected chi connectivity index (χ4v) is 3.04. The highest BCUT2D eigenvalue weighted by Gasteiger charge is 2.07. The summed E-state index contributed by atoms with van der Waals surface area (Å²) in [5.41, 5.74) is 4.20. The highest BCUT2D eigenvalue weighted by Crippen LogP contribution is 2.15. The third-order valence-corrected chi connectivity index (χ3v) is 4.62. The van der Waals surface area contributed by atoms with E-state index in [2.05, 4.69) is 50.6 Å². The quantitative estimate of drug-likeness (QED) is 0.315. The molecule has 0 saturated heterocycles. The van der Waals surface area contributed by atoms with Crippen LogP contribution < -0.4 is 10.6 Å². The number of aliphatic imine (C=N–C) groups is 1. The van der Waals surface area contributed by atoms with Crippen LogP contribution in [0.2, 0.25) is 0 Å². The van der Waals surface area contributed by atoms with E-state index in [1.807, 2.05) is 37.3 Å². The fraction of sp³-hybridized carbons (Fsp3) is 0.333. The molecule has 0 heterocycles. The molecule has 0 aromatic heterocycles. The normalized spacial score (nSPS) is 10.8. The van der Waals surface area contributed by atoms with Gasteiger partial charge in [0.2, 0.25) is 0 Å². The minimum Gasteiger partial charge on any atom is -0.357 e. The number of nitrogens with zero attached hydrogens (tertiary/aromatic N) is 2. The van der Waals surface area contributed by atoms with Crippen LogP contribution in [0.5, 0.6) is 0 Å². The summed E-state index contributed by atoms with van der Waals surface area (Å²) in [6.07, 6.45) is 0. The summed E-state index contributed by atoms with van der Waals surface area (Å²) < 4.78 is 1.08. The molecule has 0 saturated carbocycles. The Balaban J connectivity index is 0.00000392. The summed E-state index contributed by atoms with van der Waals surface area (Å²) in [6, 6.07) is 13.8. The third kappa shape index (κ3) is 7.43. The molecule has 2 aromatic rings. The predicted molar refractivity (Wildman–Crippen MR) is 130 cm³/mol. The van der Waals surface area contributed by atoms with E-state index in [9.17, 15) is 4.79 Å². The molecule has 2 aromatic carbocycles. The van der Waals surface area contributed by atoms with Gasteiger partial charge in [-0.25, -0.2) is 4.99 Å². The van der Waals surface area contributed by atoms with Crippen molar-refractivity contribution in [1.29, 1.82) is 0 Å². The predicted octanol–water partition coefficient (Wildman–Crippen LogP) is 4.33. The number of hydrogen-bond donors (Lipinski definition) is 2. The zero-order valence-electron chi connectivity index (χ0n) is 16.8. The number of halogens is 2. The van der Waals surface area contributed by atoms with E-state index in [4.69, 9.17) is 0 Å². The lowest BCUT2D eigenvalue weighted by Crippen LogP contribution is -2.36. The second-order valence-electron chi connectivity index (χ2n) is 6.52. The van der Waals surface area contributed by atoms with Gasteiger partial charge in [0.25, 0.3) is 5.91 Å². The van der Waals surface area contributed by atoms with Crippen LogP contribution >= 0.6 is 39.9 Å². The molecule has 0 spiro atoms. The lowest BCUT2D eigenvalue weighted by molar-refractivity contribution is 0.0827. The molecule has 2 rings (SSSR count). The Morgan fingerprint density at radius 3 is 2.36 bits per heavy atom. The lowest BCUT2D eigenvalue weighted by atomic mass is 10.1. The van der Waals surface area contributed by atoms with Crippen molar-refractivity contribution in [1.82, 2.24) is 15.5 Å². The van der Waals surface area contributed by atoms with Crippen LogP contribution in [-0.4, -0.2) is 37.4 Å². The van der Waals surface area contributed by atoms with Gasteiger partial charge < -0.3 is 15.5 Å². The Hall–Kier alpha value is -1.61. The zero-order chi connectivity index (χ0) is 19.8. The van der Waals surface area contributed by atoms with Gasteiger partial charge in [0.05, 0.1) is 6.54 Å². The topological polar surface area (TPSA) is 56.7 Å². The van der Waals surface area contributed by atoms with Crippen molar-refractivity contribution < 1.29 is 4.79 Å². The van der Waals surface area contributed by atoms with Gasteiger partial charge in [-0.05, 0) is 54.8 Å². The van der Waals surface area contributed by atoms with Crippen LogP contribution in [0.1, 0.15) is 34.0 Å². The Bertz CT molecular complexity index is 807. The Labute approximate surface area is 193 Å². The van der Waals surface area contributed by atoms with E-state index in [1.165, 1.54) is 11.1 Å². The average molecular weight is 559 g/mol. The van der Waals surface area contributed by atoms with Crippen LogP contribution in [0, 0.1) is 6.92 Å². The summed E-state index contributed by atoms with van der Waals surface area (Å²) in [7, 11) is 3.50. The van der Waals surface area contributed by atoms with E-state index >= 15 is 0 Å². The molecular formula is C21H28BrIN4O. The number of carbonyl (C=O) groups excluding carboxylic acids is 1. The van der Waals surface area contributed by atoms with Gasteiger partial charge >= 0.3 is 0 Å². The molecule has 5 nitrogen and oxygen atoms in total. The van der Waals surface area contributed by atoms with Crippen molar-refractivity contribution in [2.75, 3.05) is 20.6 Å². The third-order valence-electron chi connectivity index (χ3n) is 4.12. The summed E-state index contributed by atoms with van der Waals surface area (Å²) in [4.78, 5) is 18.2. The smallest absolute Gasteiger partial charge is 0.253 e. The Morgan fingerprint density at radius 1 is 1.11 bits per heavy atom. The molecule has 152 valence electrons. The Morgan fingerprint density at radius 2 is 1.79 bits per heavy atom. The maximum atomic E-state index is 12.0. The molecule has 0 unspecified atom stereocenters. The summed E-state index contributed by atoms with van der Waals surface area (Å²) >= 11 is 3.49. The largest absolute Gasteiger partial charge is 0.357 e. The van der Waals surface area contributed by atoms with Crippen molar-refractivity contribution in [3.05, 3.63) is 69.2 Å². The van der Waals surface area contributed by atoms with Crippen molar-refractivity contribution in [3.8, 4) is 0 Å². The molecular weight excluding hydrogens is 531 g/mol. The van der Waals surface area contributed by atoms with Crippen molar-refractivity contribution >= 4 is 51.8 Å². The molecule has 2 N–H and O–H groups in total. The molecule has 28 heavy (non-hydrogen) atoms. The highest BCUT2D eigenvalue weighted by atomic mass is 127. The number of amides is 1. The SMILES string of the molecule is CCNC(=NCc1ccc(C(=O)N(C)C)cc1)NCc1ccc(Br)cc1C.I. The maximum absolute atomic E-state index is 12.0. The van der Waals surface area contributed by atoms with Gasteiger partial charge in [-0.2, -0.15) is 0 Å². The average Bonchev–Trinajstić information content (AvgIpc) is 2.65. The van der Waals surface area contributed by atoms with Crippen LogP contribution in [0.4, 0.5) is 0 Å². The van der Waals surface area contributed by atoms with E-state index in [1.54, 1.807) is 19.0 Å². The summed E-state index contributed by atoms with van der Waals surface area (Å²) in [5, 5.41) is 6.64. The van der Waals surface area contributed by atoms with E-state index in [-0.39, 0.29) is 29.9 Å². The van der Waals surface area contributed by atoms with Gasteiger partial charge in [-0.1, -0.05) is 34.1 Å². The van der Waals surface area contributed by atoms with Crippen molar-refractivity contribution in [2.24, 2.45) is 4.99 Å². The standard InChI is InChI=1S/C21H27BrN4O.HI/c1-5-23-21(25-14-18-10-11-19(22)12-15(18)2)24-13-16-6-8-17(9-7-16)20(27)26(3)4;/h6-12H,5,13-14H2,1-4H3,(H2,23,24,25);1H. The van der Waals surface area contributed by atoms with Gasteiger partial charge in [0.15, 0.2) is 5.96 Å². The van der Waals surface area contributed by atoms with Gasteiger partial charge in [-0.15, -0.1) is 24.0 Å². The number of hydrogen-bond acceptors (Lipinski definition) is 2. The lowest BCUT2D eigenvalue weighted by Gasteiger charge is -2.13. The van der Waals surface area contributed by atoms with Crippen LogP contribution in [0.25, 0.3) is 0 Å². The van der Waals surface area contributed by atoms with E-state index < -0.39 is 0 Å². The first-order valence-corrected chi connectivity index (χ1v) is 9.77. The fourth-order valence-electron chi connectivity index (χ4n) is 2.56. The molecule has 7 heteroatoms. The monoisotopic (exact) mass is 558 g/mol. The van der Waals surface area contributed by atoms with E-state index in [0.29, 0.717) is 18.7 Å². The first kappa shape index (κ1) is 24.4. The van der Waals surface area contributed by atoms with Crippen LogP contribution in [0.15, 0.2) is 51.9 Å². The maximum Gasteiger partial charge on any atom is 0.253 e. The zero-order valence-corrected chi connectivity index (χ0v) is 20.7. The van der Waals surface area contributed by atoms with Gasteiger partial charge in [0.1, 0.15) is 0 Å². The number of aryl methyl sites for hydroxylation is 1. The summed E-state index contributed by atoms with van der Waals surface area (Å²) in [6.45, 7) is 6.19. The number of nitrogens with one attached hydrogen (secondary N) is 2. The Kier molecular flexibility index (Phi) is 10.5. The molecule has 0 aliphatic carbocycles. The number of carbonyl (C=O) groups is 1. The number of benzene rings is 2. The van der Waals surface area contributed by atoms with Crippen molar-refractivity contribution in [3.63, 3.8) is 0 Å². The molecule has 0 fully saturated rings. The van der Waals surface area contributed by atoms with Gasteiger partial charge in [-0.3, -0.25) is 4.79 Å². The molecule has 0 aliphatic rings. The van der Waals surface area contributed by atoms with Crippen LogP contribution in [0.3, 0.4) is 0 Å².